The Bertz CT molecular complexity index is 492. The number of nitrogens with two attached hydrogens (primary N) is 1. The van der Waals surface area contributed by atoms with Crippen LogP contribution in [0.1, 0.15) is 32.6 Å². The van der Waals surface area contributed by atoms with Crippen molar-refractivity contribution in [3.8, 4) is 0 Å². The Morgan fingerprint density at radius 2 is 2.00 bits per heavy atom. The highest BCUT2D eigenvalue weighted by Crippen LogP contribution is 2.29. The summed E-state index contributed by atoms with van der Waals surface area (Å²) < 4.78 is 0. The van der Waals surface area contributed by atoms with Gasteiger partial charge in [0.15, 0.2) is 0 Å². The van der Waals surface area contributed by atoms with E-state index in [0.29, 0.717) is 17.9 Å². The van der Waals surface area contributed by atoms with Gasteiger partial charge in [-0.25, -0.2) is 4.98 Å². The Morgan fingerprint density at radius 3 is 2.50 bits per heavy atom. The van der Waals surface area contributed by atoms with Crippen molar-refractivity contribution in [1.29, 1.82) is 0 Å². The van der Waals surface area contributed by atoms with Crippen LogP contribution in [-0.4, -0.2) is 22.8 Å². The number of pyridine rings is 1. The van der Waals surface area contributed by atoms with Gasteiger partial charge in [-0.05, 0) is 31.4 Å². The zero-order chi connectivity index (χ0) is 14.5. The van der Waals surface area contributed by atoms with E-state index in [2.05, 4.69) is 15.6 Å². The molecule has 1 fully saturated rings. The van der Waals surface area contributed by atoms with Gasteiger partial charge in [0.1, 0.15) is 5.82 Å². The summed E-state index contributed by atoms with van der Waals surface area (Å²) in [6.45, 7) is 1.98. The molecule has 0 bridgehead atoms. The number of rotatable bonds is 6. The number of halogens is 2. The average molecular weight is 349 g/mol. The summed E-state index contributed by atoms with van der Waals surface area (Å²) in [5.74, 6) is 0.434. The molecule has 22 heavy (non-hydrogen) atoms. The van der Waals surface area contributed by atoms with Crippen molar-refractivity contribution in [3.63, 3.8) is 0 Å². The van der Waals surface area contributed by atoms with Crippen LogP contribution in [0, 0.1) is 5.92 Å². The van der Waals surface area contributed by atoms with Crippen molar-refractivity contribution in [3.05, 3.63) is 18.3 Å². The minimum atomic E-state index is -0.505. The highest BCUT2D eigenvalue weighted by Gasteiger charge is 2.29. The summed E-state index contributed by atoms with van der Waals surface area (Å²) in [5, 5.41) is 5.44. The molecule has 1 aliphatic carbocycles. The molecule has 1 atom stereocenters. The normalized spacial score (nSPS) is 14.1. The first-order chi connectivity index (χ1) is 9.60. The van der Waals surface area contributed by atoms with E-state index in [4.69, 9.17) is 5.73 Å². The summed E-state index contributed by atoms with van der Waals surface area (Å²) in [4.78, 5) is 27.4. The molecule has 2 rings (SSSR count). The third kappa shape index (κ3) is 6.17. The molecule has 1 heterocycles. The second-order valence-electron chi connectivity index (χ2n) is 5.08. The fourth-order valence-corrected chi connectivity index (χ4v) is 1.79. The maximum Gasteiger partial charge on any atom is 0.241 e. The SMILES string of the molecule is CCCC(N)C(=O)Nc1ccc(NC(=O)C2CC2)nc1.Cl.Cl. The number of nitrogens with zero attached hydrogens (tertiary/aromatic N) is 1. The van der Waals surface area contributed by atoms with Crippen molar-refractivity contribution >= 4 is 48.1 Å². The molecule has 6 nitrogen and oxygen atoms in total. The molecule has 1 aromatic heterocycles. The van der Waals surface area contributed by atoms with Gasteiger partial charge in [-0.1, -0.05) is 13.3 Å². The summed E-state index contributed by atoms with van der Waals surface area (Å²) in [6, 6.07) is 2.86. The van der Waals surface area contributed by atoms with Crippen LogP contribution in [-0.2, 0) is 9.59 Å². The maximum absolute atomic E-state index is 11.7. The lowest BCUT2D eigenvalue weighted by atomic mass is 10.1. The Balaban J connectivity index is 0.00000220. The topological polar surface area (TPSA) is 97.1 Å². The average Bonchev–Trinajstić information content (AvgIpc) is 3.25. The van der Waals surface area contributed by atoms with Gasteiger partial charge in [-0.15, -0.1) is 24.8 Å². The minimum Gasteiger partial charge on any atom is -0.323 e. The first-order valence-corrected chi connectivity index (χ1v) is 6.93. The van der Waals surface area contributed by atoms with Crippen molar-refractivity contribution < 1.29 is 9.59 Å². The van der Waals surface area contributed by atoms with Gasteiger partial charge in [0.25, 0.3) is 0 Å². The summed E-state index contributed by atoms with van der Waals surface area (Å²) in [6.07, 6.45) is 4.93. The second-order valence-corrected chi connectivity index (χ2v) is 5.08. The number of hydrogen-bond acceptors (Lipinski definition) is 4. The fraction of sp³-hybridized carbons (Fsp3) is 0.500. The molecular weight excluding hydrogens is 327 g/mol. The Morgan fingerprint density at radius 1 is 1.32 bits per heavy atom. The van der Waals surface area contributed by atoms with E-state index in [1.54, 1.807) is 12.1 Å². The predicted octanol–water partition coefficient (Wildman–Crippen LogP) is 2.34. The maximum atomic E-state index is 11.7. The number of nitrogens with one attached hydrogen (secondary N) is 2. The van der Waals surface area contributed by atoms with Gasteiger partial charge < -0.3 is 16.4 Å². The molecule has 0 spiro atoms. The molecule has 1 unspecified atom stereocenters. The third-order valence-corrected chi connectivity index (χ3v) is 3.17. The molecular formula is C14H22Cl2N4O2. The molecule has 2 amide bonds. The van der Waals surface area contributed by atoms with E-state index in [1.165, 1.54) is 6.20 Å². The van der Waals surface area contributed by atoms with Gasteiger partial charge in [-0.2, -0.15) is 0 Å². The summed E-state index contributed by atoms with van der Waals surface area (Å²) in [7, 11) is 0. The lowest BCUT2D eigenvalue weighted by Crippen LogP contribution is -2.35. The van der Waals surface area contributed by atoms with Crippen molar-refractivity contribution in [2.75, 3.05) is 10.6 Å². The number of amides is 2. The van der Waals surface area contributed by atoms with E-state index in [0.717, 1.165) is 19.3 Å². The lowest BCUT2D eigenvalue weighted by molar-refractivity contribution is -0.118. The first-order valence-electron chi connectivity index (χ1n) is 6.93. The number of carbonyl (C=O) groups excluding carboxylic acids is 2. The first kappa shape index (κ1) is 20.6. The predicted molar refractivity (Wildman–Crippen MR) is 91.6 cm³/mol. The summed E-state index contributed by atoms with van der Waals surface area (Å²) >= 11 is 0. The van der Waals surface area contributed by atoms with Crippen LogP contribution in [0.2, 0.25) is 0 Å². The van der Waals surface area contributed by atoms with Gasteiger partial charge in [0.05, 0.1) is 17.9 Å². The van der Waals surface area contributed by atoms with E-state index >= 15 is 0 Å². The third-order valence-electron chi connectivity index (χ3n) is 3.17. The standard InChI is InChI=1S/C14H20N4O2.2ClH/c1-2-3-11(15)14(20)17-10-6-7-12(16-8-10)18-13(19)9-4-5-9;;/h6-9,11H,2-5,15H2,1H3,(H,17,20)(H,16,18,19);2*1H. The van der Waals surface area contributed by atoms with E-state index in [9.17, 15) is 9.59 Å². The zero-order valence-electron chi connectivity index (χ0n) is 12.4. The quantitative estimate of drug-likeness (QED) is 0.734. The zero-order valence-corrected chi connectivity index (χ0v) is 14.0. The molecule has 0 aromatic carbocycles. The van der Waals surface area contributed by atoms with Crippen LogP contribution in [0.4, 0.5) is 11.5 Å². The van der Waals surface area contributed by atoms with Crippen LogP contribution in [0.5, 0.6) is 0 Å². The largest absolute Gasteiger partial charge is 0.323 e. The lowest BCUT2D eigenvalue weighted by Gasteiger charge is -2.11. The molecule has 1 aromatic rings. The van der Waals surface area contributed by atoms with Gasteiger partial charge >= 0.3 is 0 Å². The van der Waals surface area contributed by atoms with Crippen LogP contribution < -0.4 is 16.4 Å². The fourth-order valence-electron chi connectivity index (χ4n) is 1.79. The number of carbonyl (C=O) groups is 2. The van der Waals surface area contributed by atoms with Gasteiger partial charge in [-0.3, -0.25) is 9.59 Å². The second kappa shape index (κ2) is 9.61. The Kier molecular flexibility index (Phi) is 9.01. The summed E-state index contributed by atoms with van der Waals surface area (Å²) in [5.41, 5.74) is 6.30. The molecule has 0 saturated heterocycles. The van der Waals surface area contributed by atoms with Crippen LogP contribution in [0.3, 0.4) is 0 Å². The molecule has 1 aliphatic rings. The molecule has 1 saturated carbocycles. The molecule has 4 N–H and O–H groups in total. The van der Waals surface area contributed by atoms with E-state index in [1.807, 2.05) is 6.92 Å². The van der Waals surface area contributed by atoms with Crippen molar-refractivity contribution in [1.82, 2.24) is 4.98 Å². The Labute approximate surface area is 142 Å². The van der Waals surface area contributed by atoms with E-state index in [-0.39, 0.29) is 42.5 Å². The number of hydrogen-bond donors (Lipinski definition) is 3. The Hall–Kier alpha value is -1.37. The highest BCUT2D eigenvalue weighted by atomic mass is 35.5. The monoisotopic (exact) mass is 348 g/mol. The van der Waals surface area contributed by atoms with Gasteiger partial charge in [0.2, 0.25) is 11.8 Å². The molecule has 124 valence electrons. The molecule has 8 heteroatoms. The molecule has 0 aliphatic heterocycles. The highest BCUT2D eigenvalue weighted by molar-refractivity contribution is 5.95. The van der Waals surface area contributed by atoms with Crippen LogP contribution in [0.25, 0.3) is 0 Å². The van der Waals surface area contributed by atoms with Gasteiger partial charge in [0, 0.05) is 5.92 Å². The number of aromatic nitrogens is 1. The number of anilines is 2. The van der Waals surface area contributed by atoms with Crippen LogP contribution >= 0.6 is 24.8 Å². The van der Waals surface area contributed by atoms with Crippen molar-refractivity contribution in [2.45, 2.75) is 38.6 Å². The molecule has 0 radical (unpaired) electrons. The smallest absolute Gasteiger partial charge is 0.241 e. The minimum absolute atomic E-state index is 0. The van der Waals surface area contributed by atoms with E-state index < -0.39 is 6.04 Å². The van der Waals surface area contributed by atoms with Crippen LogP contribution in [0.15, 0.2) is 18.3 Å². The van der Waals surface area contributed by atoms with Crippen molar-refractivity contribution in [2.24, 2.45) is 11.7 Å².